The molecule has 0 saturated heterocycles. The summed E-state index contributed by atoms with van der Waals surface area (Å²) in [5.74, 6) is -0.116. The summed E-state index contributed by atoms with van der Waals surface area (Å²) in [7, 11) is 0. The fraction of sp³-hybridized carbons (Fsp3) is 0.0833. The third-order valence-electron chi connectivity index (χ3n) is 2.34. The van der Waals surface area contributed by atoms with Crippen LogP contribution in [-0.4, -0.2) is 5.91 Å². The van der Waals surface area contributed by atoms with E-state index in [-0.39, 0.29) is 5.91 Å². The predicted molar refractivity (Wildman–Crippen MR) is 86.6 cm³/mol. The standard InChI is InChI=1S/C12H8Br3NOS/c1-6-4-7(13)2-3-9(6)16-12(17)8-5-10(14)18-11(8)15/h2-5H,1H3,(H,16,17). The molecule has 0 unspecified atom stereocenters. The minimum absolute atomic E-state index is 0.116. The van der Waals surface area contributed by atoms with Crippen LogP contribution in [0.2, 0.25) is 0 Å². The zero-order valence-corrected chi connectivity index (χ0v) is 14.8. The van der Waals surface area contributed by atoms with E-state index in [9.17, 15) is 4.79 Å². The lowest BCUT2D eigenvalue weighted by Gasteiger charge is -2.08. The van der Waals surface area contributed by atoms with Gasteiger partial charge in [0.25, 0.3) is 5.91 Å². The van der Waals surface area contributed by atoms with E-state index in [1.807, 2.05) is 25.1 Å². The highest BCUT2D eigenvalue weighted by Crippen LogP contribution is 2.32. The van der Waals surface area contributed by atoms with E-state index in [1.165, 1.54) is 11.3 Å². The molecule has 94 valence electrons. The van der Waals surface area contributed by atoms with E-state index in [2.05, 4.69) is 53.1 Å². The number of carbonyl (C=O) groups excluding carboxylic acids is 1. The normalized spacial score (nSPS) is 10.4. The maximum Gasteiger partial charge on any atom is 0.257 e. The van der Waals surface area contributed by atoms with E-state index in [4.69, 9.17) is 0 Å². The number of hydrogen-bond donors (Lipinski definition) is 1. The molecule has 0 saturated carbocycles. The van der Waals surface area contributed by atoms with E-state index in [0.717, 1.165) is 23.3 Å². The van der Waals surface area contributed by atoms with Gasteiger partial charge in [-0.2, -0.15) is 0 Å². The Morgan fingerprint density at radius 1 is 1.22 bits per heavy atom. The van der Waals surface area contributed by atoms with Crippen molar-refractivity contribution in [2.45, 2.75) is 6.92 Å². The Balaban J connectivity index is 2.24. The largest absolute Gasteiger partial charge is 0.322 e. The summed E-state index contributed by atoms with van der Waals surface area (Å²) in [5, 5.41) is 2.90. The van der Waals surface area contributed by atoms with Gasteiger partial charge in [0.15, 0.2) is 0 Å². The number of thiophene rings is 1. The Morgan fingerprint density at radius 2 is 1.94 bits per heavy atom. The zero-order chi connectivity index (χ0) is 13.3. The lowest BCUT2D eigenvalue weighted by atomic mass is 10.2. The van der Waals surface area contributed by atoms with Crippen LogP contribution >= 0.6 is 59.1 Å². The molecule has 0 radical (unpaired) electrons. The number of halogens is 3. The monoisotopic (exact) mass is 451 g/mol. The summed E-state index contributed by atoms with van der Waals surface area (Å²) in [6, 6.07) is 7.56. The summed E-state index contributed by atoms with van der Waals surface area (Å²) < 4.78 is 2.74. The van der Waals surface area contributed by atoms with Crippen molar-refractivity contribution < 1.29 is 4.79 Å². The Hall–Kier alpha value is -0.170. The molecule has 0 aliphatic rings. The highest BCUT2D eigenvalue weighted by atomic mass is 79.9. The molecule has 18 heavy (non-hydrogen) atoms. The molecule has 0 spiro atoms. The highest BCUT2D eigenvalue weighted by Gasteiger charge is 2.14. The van der Waals surface area contributed by atoms with Gasteiger partial charge in [0.1, 0.15) is 0 Å². The first-order valence-electron chi connectivity index (χ1n) is 4.99. The quantitative estimate of drug-likeness (QED) is 0.630. The summed E-state index contributed by atoms with van der Waals surface area (Å²) in [5.41, 5.74) is 2.47. The second-order valence-corrected chi connectivity index (χ2v) is 8.32. The van der Waals surface area contributed by atoms with Crippen molar-refractivity contribution in [1.82, 2.24) is 0 Å². The van der Waals surface area contributed by atoms with Crippen molar-refractivity contribution in [2.24, 2.45) is 0 Å². The average Bonchev–Trinajstić information content (AvgIpc) is 2.62. The first-order valence-corrected chi connectivity index (χ1v) is 8.19. The SMILES string of the molecule is Cc1cc(Br)ccc1NC(=O)c1cc(Br)sc1Br. The molecule has 0 aliphatic heterocycles. The van der Waals surface area contributed by atoms with Crippen LogP contribution in [0.3, 0.4) is 0 Å². The fourth-order valence-electron chi connectivity index (χ4n) is 1.45. The first-order chi connectivity index (χ1) is 8.47. The molecular weight excluding hydrogens is 446 g/mol. The van der Waals surface area contributed by atoms with Crippen LogP contribution in [0, 0.1) is 6.92 Å². The maximum atomic E-state index is 12.1. The number of aryl methyl sites for hydroxylation is 1. The molecule has 0 aliphatic carbocycles. The molecule has 1 aromatic carbocycles. The van der Waals surface area contributed by atoms with Gasteiger partial charge >= 0.3 is 0 Å². The second-order valence-electron chi connectivity index (χ2n) is 3.65. The summed E-state index contributed by atoms with van der Waals surface area (Å²) in [6.07, 6.45) is 0. The molecule has 2 rings (SSSR count). The fourth-order valence-corrected chi connectivity index (χ4v) is 4.72. The summed E-state index contributed by atoms with van der Waals surface area (Å²) in [4.78, 5) is 12.1. The third-order valence-corrected chi connectivity index (χ3v) is 5.17. The van der Waals surface area contributed by atoms with Gasteiger partial charge in [0.2, 0.25) is 0 Å². The molecule has 1 heterocycles. The maximum absolute atomic E-state index is 12.1. The van der Waals surface area contributed by atoms with Gasteiger partial charge in [-0.15, -0.1) is 11.3 Å². The molecule has 6 heteroatoms. The van der Waals surface area contributed by atoms with Crippen molar-refractivity contribution in [3.63, 3.8) is 0 Å². The first kappa shape index (κ1) is 14.2. The number of anilines is 1. The van der Waals surface area contributed by atoms with Crippen LogP contribution in [0.5, 0.6) is 0 Å². The molecule has 1 N–H and O–H groups in total. The van der Waals surface area contributed by atoms with E-state index in [1.54, 1.807) is 6.07 Å². The number of benzene rings is 1. The van der Waals surface area contributed by atoms with Crippen LogP contribution in [0.4, 0.5) is 5.69 Å². The predicted octanol–water partition coefficient (Wildman–Crippen LogP) is 5.60. The molecule has 2 aromatic rings. The van der Waals surface area contributed by atoms with Gasteiger partial charge < -0.3 is 5.32 Å². The van der Waals surface area contributed by atoms with Gasteiger partial charge in [-0.05, 0) is 68.6 Å². The van der Waals surface area contributed by atoms with Crippen LogP contribution in [0.15, 0.2) is 36.3 Å². The molecule has 1 amide bonds. The number of rotatable bonds is 2. The number of nitrogens with one attached hydrogen (secondary N) is 1. The van der Waals surface area contributed by atoms with Crippen LogP contribution in [0.25, 0.3) is 0 Å². The average molecular weight is 454 g/mol. The van der Waals surface area contributed by atoms with E-state index in [0.29, 0.717) is 5.56 Å². The molecule has 0 fully saturated rings. The lowest BCUT2D eigenvalue weighted by Crippen LogP contribution is -2.12. The lowest BCUT2D eigenvalue weighted by molar-refractivity contribution is 0.102. The van der Waals surface area contributed by atoms with Gasteiger partial charge in [0, 0.05) is 10.2 Å². The van der Waals surface area contributed by atoms with Gasteiger partial charge in [-0.1, -0.05) is 15.9 Å². The van der Waals surface area contributed by atoms with E-state index >= 15 is 0 Å². The van der Waals surface area contributed by atoms with Crippen LogP contribution in [-0.2, 0) is 0 Å². The van der Waals surface area contributed by atoms with Crippen molar-refractivity contribution in [3.05, 3.63) is 47.4 Å². The number of carbonyl (C=O) groups is 1. The van der Waals surface area contributed by atoms with Gasteiger partial charge in [-0.25, -0.2) is 0 Å². The van der Waals surface area contributed by atoms with Gasteiger partial charge in [-0.3, -0.25) is 4.79 Å². The highest BCUT2D eigenvalue weighted by molar-refractivity contribution is 9.12. The smallest absolute Gasteiger partial charge is 0.257 e. The minimum Gasteiger partial charge on any atom is -0.322 e. The summed E-state index contributed by atoms with van der Waals surface area (Å²) in [6.45, 7) is 1.96. The van der Waals surface area contributed by atoms with Crippen molar-refractivity contribution >= 4 is 70.7 Å². The molecule has 0 bridgehead atoms. The Bertz CT molecular complexity index is 609. The molecule has 2 nitrogen and oxygen atoms in total. The topological polar surface area (TPSA) is 29.1 Å². The van der Waals surface area contributed by atoms with Crippen molar-refractivity contribution in [3.8, 4) is 0 Å². The molecule has 1 aromatic heterocycles. The molecule has 0 atom stereocenters. The Kier molecular flexibility index (Phi) is 4.64. The number of amides is 1. The number of hydrogen-bond acceptors (Lipinski definition) is 2. The van der Waals surface area contributed by atoms with Crippen molar-refractivity contribution in [2.75, 3.05) is 5.32 Å². The summed E-state index contributed by atoms with van der Waals surface area (Å²) >= 11 is 11.6. The second kappa shape index (κ2) is 5.86. The van der Waals surface area contributed by atoms with Crippen molar-refractivity contribution in [1.29, 1.82) is 0 Å². The van der Waals surface area contributed by atoms with Gasteiger partial charge in [0.05, 0.1) is 13.1 Å². The Morgan fingerprint density at radius 3 is 2.50 bits per heavy atom. The third kappa shape index (κ3) is 3.23. The van der Waals surface area contributed by atoms with Crippen LogP contribution < -0.4 is 5.32 Å². The molecular formula is C12H8Br3NOS. The zero-order valence-electron chi connectivity index (χ0n) is 9.26. The Labute approximate surface area is 134 Å². The minimum atomic E-state index is -0.116. The van der Waals surface area contributed by atoms with E-state index < -0.39 is 0 Å². The van der Waals surface area contributed by atoms with Crippen LogP contribution in [0.1, 0.15) is 15.9 Å².